The van der Waals surface area contributed by atoms with Crippen molar-refractivity contribution < 1.29 is 26.7 Å². The van der Waals surface area contributed by atoms with Gasteiger partial charge in [-0.05, 0) is 25.0 Å². The second-order valence-electron chi connectivity index (χ2n) is 6.81. The van der Waals surface area contributed by atoms with Gasteiger partial charge in [0, 0.05) is 19.2 Å². The molecule has 0 saturated carbocycles. The Hall–Kier alpha value is -3.32. The summed E-state index contributed by atoms with van der Waals surface area (Å²) in [5.41, 5.74) is -0.447. The first kappa shape index (κ1) is 20.9. The van der Waals surface area contributed by atoms with E-state index in [0.717, 1.165) is 18.6 Å². The molecule has 31 heavy (non-hydrogen) atoms. The van der Waals surface area contributed by atoms with Gasteiger partial charge in [-0.15, -0.1) is 0 Å². The highest BCUT2D eigenvalue weighted by molar-refractivity contribution is 7.90. The number of anilines is 2. The number of carbonyl (C=O) groups excluding carboxylic acids is 1. The maximum atomic E-state index is 14.8. The van der Waals surface area contributed by atoms with Gasteiger partial charge >= 0.3 is 16.3 Å². The zero-order valence-electron chi connectivity index (χ0n) is 16.1. The summed E-state index contributed by atoms with van der Waals surface area (Å²) in [6.45, 7) is 0.620. The van der Waals surface area contributed by atoms with Crippen LogP contribution in [0.25, 0.3) is 11.2 Å². The molecule has 4 rings (SSSR count). The fourth-order valence-electron chi connectivity index (χ4n) is 3.16. The number of halogens is 2. The maximum absolute atomic E-state index is 14.8. The summed E-state index contributed by atoms with van der Waals surface area (Å²) < 4.78 is 62.2. The Bertz CT molecular complexity index is 1230. The first-order valence-electron chi connectivity index (χ1n) is 9.37. The minimum absolute atomic E-state index is 0.0111. The second kappa shape index (κ2) is 8.43. The molecule has 1 amide bonds. The monoisotopic (exact) mass is 452 g/mol. The summed E-state index contributed by atoms with van der Waals surface area (Å²) in [4.78, 5) is 22.8. The van der Waals surface area contributed by atoms with Crippen molar-refractivity contribution in [2.75, 3.05) is 23.1 Å². The van der Waals surface area contributed by atoms with Gasteiger partial charge in [0.1, 0.15) is 11.5 Å². The van der Waals surface area contributed by atoms with Crippen molar-refractivity contribution in [1.82, 2.24) is 19.3 Å². The molecule has 1 aliphatic heterocycles. The van der Waals surface area contributed by atoms with Gasteiger partial charge in [-0.1, -0.05) is 6.42 Å². The van der Waals surface area contributed by atoms with Crippen LogP contribution in [0.15, 0.2) is 30.7 Å². The molecule has 10 nitrogen and oxygen atoms in total. The van der Waals surface area contributed by atoms with Crippen LogP contribution in [-0.4, -0.2) is 46.9 Å². The lowest BCUT2D eigenvalue weighted by molar-refractivity contribution is 0.215. The van der Waals surface area contributed by atoms with Crippen molar-refractivity contribution in [3.8, 4) is 5.75 Å². The van der Waals surface area contributed by atoms with Crippen LogP contribution in [0.3, 0.4) is 0 Å². The molecular weight excluding hydrogens is 434 g/mol. The molecule has 2 aromatic heterocycles. The van der Waals surface area contributed by atoms with E-state index in [1.165, 1.54) is 22.9 Å². The van der Waals surface area contributed by atoms with Crippen LogP contribution < -0.4 is 14.8 Å². The Morgan fingerprint density at radius 3 is 2.71 bits per heavy atom. The average molecular weight is 452 g/mol. The molecule has 3 aromatic rings. The van der Waals surface area contributed by atoms with E-state index in [-0.39, 0.29) is 5.75 Å². The summed E-state index contributed by atoms with van der Waals surface area (Å²) in [7, 11) is -4.02. The van der Waals surface area contributed by atoms with Gasteiger partial charge in [0.25, 0.3) is 0 Å². The molecule has 0 radical (unpaired) electrons. The number of nitrogens with one attached hydrogen (secondary N) is 3. The first-order chi connectivity index (χ1) is 14.8. The first-order valence-corrected chi connectivity index (χ1v) is 10.8. The topological polar surface area (TPSA) is 129 Å². The van der Waals surface area contributed by atoms with E-state index in [9.17, 15) is 22.0 Å². The van der Waals surface area contributed by atoms with E-state index >= 15 is 0 Å². The largest absolute Gasteiger partial charge is 0.417 e. The predicted molar refractivity (Wildman–Crippen MR) is 108 cm³/mol. The van der Waals surface area contributed by atoms with Gasteiger partial charge in [0.05, 0.1) is 23.7 Å². The van der Waals surface area contributed by atoms with Crippen LogP contribution in [0.5, 0.6) is 5.75 Å². The second-order valence-corrected chi connectivity index (χ2v) is 8.48. The smallest absolute Gasteiger partial charge is 0.408 e. The molecule has 13 heteroatoms. The summed E-state index contributed by atoms with van der Waals surface area (Å²) in [5, 5.41) is 1.96. The quantitative estimate of drug-likeness (QED) is 0.546. The Kier molecular flexibility index (Phi) is 5.69. The molecule has 0 unspecified atom stereocenters. The third-order valence-electron chi connectivity index (χ3n) is 4.67. The molecule has 0 aliphatic carbocycles. The summed E-state index contributed by atoms with van der Waals surface area (Å²) in [5.74, 6) is -2.37. The Balaban J connectivity index is 1.50. The molecule has 3 N–H and O–H groups in total. The van der Waals surface area contributed by atoms with Crippen LogP contribution in [0.2, 0.25) is 0 Å². The van der Waals surface area contributed by atoms with E-state index in [2.05, 4.69) is 19.7 Å². The predicted octanol–water partition coefficient (Wildman–Crippen LogP) is 2.99. The Labute approximate surface area is 175 Å². The van der Waals surface area contributed by atoms with Crippen LogP contribution in [0.4, 0.5) is 25.0 Å². The van der Waals surface area contributed by atoms with Gasteiger partial charge in [-0.2, -0.15) is 12.7 Å². The lowest BCUT2D eigenvalue weighted by Crippen LogP contribution is -2.39. The van der Waals surface area contributed by atoms with Gasteiger partial charge in [-0.25, -0.2) is 23.5 Å². The highest BCUT2D eigenvalue weighted by Crippen LogP contribution is 2.28. The van der Waals surface area contributed by atoms with Crippen molar-refractivity contribution in [2.24, 2.45) is 0 Å². The van der Waals surface area contributed by atoms with Gasteiger partial charge in [0.15, 0.2) is 17.2 Å². The number of amides is 1. The number of nitrogens with zero attached hydrogens (tertiary/aromatic N) is 3. The molecule has 0 atom stereocenters. The van der Waals surface area contributed by atoms with Crippen molar-refractivity contribution in [3.05, 3.63) is 42.4 Å². The van der Waals surface area contributed by atoms with E-state index < -0.39 is 39.3 Å². The molecule has 3 heterocycles. The zero-order valence-corrected chi connectivity index (χ0v) is 16.9. The number of aromatic amines is 1. The van der Waals surface area contributed by atoms with E-state index in [1.54, 1.807) is 0 Å². The van der Waals surface area contributed by atoms with E-state index in [4.69, 9.17) is 4.74 Å². The molecule has 1 aliphatic rings. The normalized spacial score (nSPS) is 15.0. The van der Waals surface area contributed by atoms with Crippen molar-refractivity contribution in [3.63, 3.8) is 0 Å². The van der Waals surface area contributed by atoms with Gasteiger partial charge in [-0.3, -0.25) is 10.0 Å². The molecule has 0 spiro atoms. The number of hydrogen-bond acceptors (Lipinski definition) is 6. The van der Waals surface area contributed by atoms with Gasteiger partial charge < -0.3 is 9.72 Å². The lowest BCUT2D eigenvalue weighted by Gasteiger charge is -2.26. The zero-order chi connectivity index (χ0) is 22.0. The minimum atomic E-state index is -4.02. The van der Waals surface area contributed by atoms with Crippen LogP contribution in [0, 0.1) is 11.6 Å². The number of pyridine rings is 1. The number of imidazole rings is 1. The van der Waals surface area contributed by atoms with Gasteiger partial charge in [0.2, 0.25) is 0 Å². The number of hydrogen-bond donors (Lipinski definition) is 3. The fraction of sp³-hybridized carbons (Fsp3) is 0.278. The van der Waals surface area contributed by atoms with Crippen LogP contribution in [0.1, 0.15) is 19.3 Å². The average Bonchev–Trinajstić information content (AvgIpc) is 3.22. The van der Waals surface area contributed by atoms with Crippen LogP contribution in [-0.2, 0) is 10.2 Å². The number of aromatic nitrogens is 3. The fourth-order valence-corrected chi connectivity index (χ4v) is 4.46. The lowest BCUT2D eigenvalue weighted by atomic mass is 10.2. The number of piperidine rings is 1. The molecule has 164 valence electrons. The molecule has 1 aromatic carbocycles. The standard InChI is InChI=1S/C18H18F2N6O4S/c19-12-4-5-13(25-31(28,29)26-6-2-1-3-7-26)15(20)16(12)24-18(27)30-11-8-14-17(21-9-11)23-10-22-14/h4-5,8-10,25H,1-3,6-7H2,(H,24,27)(H,21,22,23). The number of ether oxygens (including phenoxy) is 1. The molecule has 1 saturated heterocycles. The number of benzene rings is 1. The number of rotatable bonds is 5. The van der Waals surface area contributed by atoms with Crippen molar-refractivity contribution in [1.29, 1.82) is 0 Å². The number of H-pyrrole nitrogens is 1. The number of fused-ring (bicyclic) bond motifs is 1. The van der Waals surface area contributed by atoms with Crippen LogP contribution >= 0.6 is 0 Å². The molecule has 1 fully saturated rings. The Morgan fingerprint density at radius 2 is 1.94 bits per heavy atom. The van der Waals surface area contributed by atoms with Crippen molar-refractivity contribution >= 4 is 38.8 Å². The highest BCUT2D eigenvalue weighted by Gasteiger charge is 2.26. The number of carbonyl (C=O) groups is 1. The molecular formula is C18H18F2N6O4S. The van der Waals surface area contributed by atoms with E-state index in [1.807, 2.05) is 5.32 Å². The highest BCUT2D eigenvalue weighted by atomic mass is 32.2. The van der Waals surface area contributed by atoms with E-state index in [0.29, 0.717) is 37.1 Å². The summed E-state index contributed by atoms with van der Waals surface area (Å²) in [6.07, 6.45) is 3.75. The molecule has 0 bridgehead atoms. The third-order valence-corrected chi connectivity index (χ3v) is 6.19. The third kappa shape index (κ3) is 4.56. The summed E-state index contributed by atoms with van der Waals surface area (Å²) >= 11 is 0. The minimum Gasteiger partial charge on any atom is -0.408 e. The van der Waals surface area contributed by atoms with Crippen molar-refractivity contribution in [2.45, 2.75) is 19.3 Å². The summed E-state index contributed by atoms with van der Waals surface area (Å²) in [6, 6.07) is 3.22. The maximum Gasteiger partial charge on any atom is 0.417 e. The SMILES string of the molecule is O=C(Nc1c(F)ccc(NS(=O)(=O)N2CCCCC2)c1F)Oc1cnc2nc[nH]c2c1. The Morgan fingerprint density at radius 1 is 1.16 bits per heavy atom.